The first-order chi connectivity index (χ1) is 5.25. The van der Waals surface area contributed by atoms with Crippen LogP contribution in [0.2, 0.25) is 0 Å². The van der Waals surface area contributed by atoms with E-state index in [1.165, 1.54) is 17.0 Å². The molecule has 1 aliphatic heterocycles. The summed E-state index contributed by atoms with van der Waals surface area (Å²) in [6.45, 7) is 5.15. The van der Waals surface area contributed by atoms with Crippen molar-refractivity contribution >= 4 is 0 Å². The molecule has 1 N–H and O–H groups in total. The molecule has 2 heteroatoms. The Morgan fingerprint density at radius 3 is 2.82 bits per heavy atom. The monoisotopic (exact) mass is 151 g/mol. The van der Waals surface area contributed by atoms with E-state index in [-0.39, 0.29) is 0 Å². The van der Waals surface area contributed by atoms with Gasteiger partial charge in [-0.2, -0.15) is 0 Å². The molecule has 1 unspecified atom stereocenters. The number of rotatable bonds is 2. The maximum atomic E-state index is 5.16. The lowest BCUT2D eigenvalue weighted by Crippen LogP contribution is -1.92. The SMILES string of the molecule is Cc1cc(CC2CO2)c(C)[nH]1. The molecule has 0 aliphatic carbocycles. The van der Waals surface area contributed by atoms with Gasteiger partial charge < -0.3 is 9.72 Å². The molecule has 2 heterocycles. The predicted octanol–water partition coefficient (Wildman–Crippen LogP) is 1.57. The van der Waals surface area contributed by atoms with E-state index in [0.29, 0.717) is 6.10 Å². The average molecular weight is 151 g/mol. The van der Waals surface area contributed by atoms with E-state index in [1.807, 2.05) is 0 Å². The Morgan fingerprint density at radius 2 is 2.36 bits per heavy atom. The summed E-state index contributed by atoms with van der Waals surface area (Å²) in [6, 6.07) is 2.21. The second-order valence-electron chi connectivity index (χ2n) is 3.26. The molecule has 0 saturated carbocycles. The van der Waals surface area contributed by atoms with Crippen molar-refractivity contribution in [1.29, 1.82) is 0 Å². The van der Waals surface area contributed by atoms with Gasteiger partial charge in [-0.15, -0.1) is 0 Å². The van der Waals surface area contributed by atoms with Crippen molar-refractivity contribution in [1.82, 2.24) is 4.98 Å². The molecule has 1 fully saturated rings. The van der Waals surface area contributed by atoms with Crippen LogP contribution >= 0.6 is 0 Å². The normalized spacial score (nSPS) is 22.2. The van der Waals surface area contributed by atoms with Crippen molar-refractivity contribution in [2.45, 2.75) is 26.4 Å². The van der Waals surface area contributed by atoms with Crippen LogP contribution < -0.4 is 0 Å². The third-order valence-corrected chi connectivity index (χ3v) is 2.11. The Morgan fingerprint density at radius 1 is 1.64 bits per heavy atom. The summed E-state index contributed by atoms with van der Waals surface area (Å²) in [7, 11) is 0. The van der Waals surface area contributed by atoms with Crippen LogP contribution in [0.25, 0.3) is 0 Å². The van der Waals surface area contributed by atoms with Gasteiger partial charge >= 0.3 is 0 Å². The van der Waals surface area contributed by atoms with Crippen molar-refractivity contribution in [2.24, 2.45) is 0 Å². The third kappa shape index (κ3) is 1.46. The van der Waals surface area contributed by atoms with Crippen LogP contribution in [0.5, 0.6) is 0 Å². The topological polar surface area (TPSA) is 28.3 Å². The van der Waals surface area contributed by atoms with Gasteiger partial charge in [-0.05, 0) is 25.5 Å². The van der Waals surface area contributed by atoms with Crippen LogP contribution in [0.1, 0.15) is 17.0 Å². The minimum atomic E-state index is 0.504. The minimum Gasteiger partial charge on any atom is -0.373 e. The lowest BCUT2D eigenvalue weighted by atomic mass is 10.1. The van der Waals surface area contributed by atoms with Gasteiger partial charge in [0.05, 0.1) is 12.7 Å². The first kappa shape index (κ1) is 6.92. The number of H-pyrrole nitrogens is 1. The number of aromatic nitrogens is 1. The van der Waals surface area contributed by atoms with E-state index >= 15 is 0 Å². The second-order valence-corrected chi connectivity index (χ2v) is 3.26. The van der Waals surface area contributed by atoms with Gasteiger partial charge in [-0.3, -0.25) is 0 Å². The zero-order valence-corrected chi connectivity index (χ0v) is 6.98. The van der Waals surface area contributed by atoms with Crippen molar-refractivity contribution in [2.75, 3.05) is 6.61 Å². The Kier molecular flexibility index (Phi) is 1.50. The average Bonchev–Trinajstić information content (AvgIpc) is 2.64. The number of nitrogens with one attached hydrogen (secondary N) is 1. The summed E-state index contributed by atoms with van der Waals surface area (Å²) in [4.78, 5) is 3.29. The lowest BCUT2D eigenvalue weighted by molar-refractivity contribution is 0.407. The van der Waals surface area contributed by atoms with Crippen LogP contribution in [0, 0.1) is 13.8 Å². The van der Waals surface area contributed by atoms with E-state index in [9.17, 15) is 0 Å². The molecule has 0 aromatic carbocycles. The van der Waals surface area contributed by atoms with Crippen molar-refractivity contribution in [3.8, 4) is 0 Å². The molecule has 2 rings (SSSR count). The van der Waals surface area contributed by atoms with Crippen LogP contribution in [-0.2, 0) is 11.2 Å². The summed E-state index contributed by atoms with van der Waals surface area (Å²) in [5, 5.41) is 0. The van der Waals surface area contributed by atoms with Gasteiger partial charge in [0, 0.05) is 17.8 Å². The van der Waals surface area contributed by atoms with Crippen LogP contribution in [0.3, 0.4) is 0 Å². The van der Waals surface area contributed by atoms with Gasteiger partial charge in [0.25, 0.3) is 0 Å². The van der Waals surface area contributed by atoms with Gasteiger partial charge in [-0.25, -0.2) is 0 Å². The standard InChI is InChI=1S/C9H13NO/c1-6-3-8(7(2)10-6)4-9-5-11-9/h3,9-10H,4-5H2,1-2H3. The summed E-state index contributed by atoms with van der Waals surface area (Å²) in [6.07, 6.45) is 1.58. The molecule has 11 heavy (non-hydrogen) atoms. The number of ether oxygens (including phenoxy) is 1. The number of aryl methyl sites for hydroxylation is 2. The summed E-state index contributed by atoms with van der Waals surface area (Å²) in [5.74, 6) is 0. The molecule has 1 atom stereocenters. The Balaban J connectivity index is 2.14. The molecule has 1 aromatic rings. The van der Waals surface area contributed by atoms with Crippen molar-refractivity contribution < 1.29 is 4.74 Å². The molecule has 0 radical (unpaired) electrons. The first-order valence-electron chi connectivity index (χ1n) is 4.02. The molecule has 0 amide bonds. The summed E-state index contributed by atoms with van der Waals surface area (Å²) in [5.41, 5.74) is 3.95. The minimum absolute atomic E-state index is 0.504. The molecule has 2 nitrogen and oxygen atoms in total. The van der Waals surface area contributed by atoms with E-state index in [1.54, 1.807) is 0 Å². The van der Waals surface area contributed by atoms with E-state index in [4.69, 9.17) is 4.74 Å². The Hall–Kier alpha value is -0.760. The highest BCUT2D eigenvalue weighted by atomic mass is 16.6. The fourth-order valence-electron chi connectivity index (χ4n) is 1.42. The highest BCUT2D eigenvalue weighted by molar-refractivity contribution is 5.25. The predicted molar refractivity (Wildman–Crippen MR) is 43.7 cm³/mol. The Labute approximate surface area is 66.6 Å². The molecule has 1 saturated heterocycles. The molecule has 1 aliphatic rings. The van der Waals surface area contributed by atoms with Crippen LogP contribution in [0.15, 0.2) is 6.07 Å². The van der Waals surface area contributed by atoms with Crippen molar-refractivity contribution in [3.63, 3.8) is 0 Å². The van der Waals surface area contributed by atoms with Crippen molar-refractivity contribution in [3.05, 3.63) is 23.0 Å². The maximum absolute atomic E-state index is 5.16. The number of hydrogen-bond acceptors (Lipinski definition) is 1. The third-order valence-electron chi connectivity index (χ3n) is 2.11. The second kappa shape index (κ2) is 2.38. The highest BCUT2D eigenvalue weighted by Crippen LogP contribution is 2.19. The summed E-state index contributed by atoms with van der Waals surface area (Å²) >= 11 is 0. The molecular weight excluding hydrogens is 138 g/mol. The van der Waals surface area contributed by atoms with Gasteiger partial charge in [-0.1, -0.05) is 0 Å². The van der Waals surface area contributed by atoms with E-state index < -0.39 is 0 Å². The zero-order valence-electron chi connectivity index (χ0n) is 6.98. The fourth-order valence-corrected chi connectivity index (χ4v) is 1.42. The van der Waals surface area contributed by atoms with Gasteiger partial charge in [0.1, 0.15) is 0 Å². The highest BCUT2D eigenvalue weighted by Gasteiger charge is 2.23. The van der Waals surface area contributed by atoms with E-state index in [0.717, 1.165) is 13.0 Å². The summed E-state index contributed by atoms with van der Waals surface area (Å²) < 4.78 is 5.16. The largest absolute Gasteiger partial charge is 0.373 e. The van der Waals surface area contributed by atoms with E-state index in [2.05, 4.69) is 24.9 Å². The fraction of sp³-hybridized carbons (Fsp3) is 0.556. The number of aromatic amines is 1. The number of epoxide rings is 1. The van der Waals surface area contributed by atoms with Crippen LogP contribution in [-0.4, -0.2) is 17.7 Å². The first-order valence-corrected chi connectivity index (χ1v) is 4.02. The van der Waals surface area contributed by atoms with Gasteiger partial charge in [0.2, 0.25) is 0 Å². The zero-order chi connectivity index (χ0) is 7.84. The molecule has 0 bridgehead atoms. The molecule has 0 spiro atoms. The smallest absolute Gasteiger partial charge is 0.0850 e. The maximum Gasteiger partial charge on any atom is 0.0850 e. The van der Waals surface area contributed by atoms with Gasteiger partial charge in [0.15, 0.2) is 0 Å². The number of hydrogen-bond donors (Lipinski definition) is 1. The Bertz CT molecular complexity index is 261. The van der Waals surface area contributed by atoms with Crippen LogP contribution in [0.4, 0.5) is 0 Å². The molecule has 1 aromatic heterocycles. The molecular formula is C9H13NO. The quantitative estimate of drug-likeness (QED) is 0.638. The molecule has 60 valence electrons. The lowest BCUT2D eigenvalue weighted by Gasteiger charge is -1.93.